The number of nitrogens with one attached hydrogen (secondary N) is 1. The largest absolute Gasteiger partial charge is 0.462 e. The van der Waals surface area contributed by atoms with E-state index in [1.165, 1.54) is 23.6 Å². The average Bonchev–Trinajstić information content (AvgIpc) is 2.78. The molecule has 100 valence electrons. The van der Waals surface area contributed by atoms with Gasteiger partial charge in [-0.05, 0) is 13.0 Å². The van der Waals surface area contributed by atoms with Crippen molar-refractivity contribution < 1.29 is 9.53 Å². The summed E-state index contributed by atoms with van der Waals surface area (Å²) >= 11 is 7.17. The number of nitrogens with zero attached hydrogens (tertiary/aromatic N) is 1. The number of aryl methyl sites for hydroxylation is 1. The second-order valence-corrected chi connectivity index (χ2v) is 5.16. The minimum atomic E-state index is -0.514. The number of carbonyl (C=O) groups is 1. The van der Waals surface area contributed by atoms with Crippen LogP contribution in [0, 0.1) is 6.92 Å². The molecule has 2 heterocycles. The molecule has 0 saturated carbocycles. The number of hydrogen-bond acceptors (Lipinski definition) is 5. The van der Waals surface area contributed by atoms with Crippen molar-refractivity contribution in [3.63, 3.8) is 0 Å². The lowest BCUT2D eigenvalue weighted by molar-refractivity contribution is 0.0509. The van der Waals surface area contributed by atoms with Gasteiger partial charge in [-0.1, -0.05) is 11.6 Å². The summed E-state index contributed by atoms with van der Waals surface area (Å²) in [5, 5.41) is -0.0345. The molecule has 0 spiro atoms. The Balaban J connectivity index is 1.92. The summed E-state index contributed by atoms with van der Waals surface area (Å²) in [6.07, 6.45) is 1.91. The van der Waals surface area contributed by atoms with Crippen LogP contribution < -0.4 is 5.56 Å². The third kappa shape index (κ3) is 3.42. The minimum absolute atomic E-state index is 0.0345. The number of H-pyrrole nitrogens is 1. The summed E-state index contributed by atoms with van der Waals surface area (Å²) in [5.74, 6) is -0.514. The van der Waals surface area contributed by atoms with Gasteiger partial charge in [0.15, 0.2) is 0 Å². The first-order chi connectivity index (χ1) is 9.08. The van der Waals surface area contributed by atoms with Crippen molar-refractivity contribution in [2.24, 2.45) is 0 Å². The molecule has 5 nitrogen and oxygen atoms in total. The van der Waals surface area contributed by atoms with Crippen molar-refractivity contribution in [2.45, 2.75) is 13.3 Å². The Labute approximate surface area is 118 Å². The van der Waals surface area contributed by atoms with Gasteiger partial charge in [-0.2, -0.15) is 0 Å². The summed E-state index contributed by atoms with van der Waals surface area (Å²) in [6.45, 7) is 2.17. The van der Waals surface area contributed by atoms with Crippen molar-refractivity contribution in [3.05, 3.63) is 49.3 Å². The fourth-order valence-corrected chi connectivity index (χ4v) is 2.39. The number of esters is 1. The van der Waals surface area contributed by atoms with Gasteiger partial charge in [0.05, 0.1) is 23.4 Å². The monoisotopic (exact) mass is 298 g/mol. The molecule has 0 radical (unpaired) electrons. The third-order valence-electron chi connectivity index (χ3n) is 2.50. The average molecular weight is 299 g/mol. The number of halogens is 1. The van der Waals surface area contributed by atoms with Crippen molar-refractivity contribution in [3.8, 4) is 0 Å². The molecule has 7 heteroatoms. The molecule has 0 fully saturated rings. The summed E-state index contributed by atoms with van der Waals surface area (Å²) in [7, 11) is 0. The predicted molar refractivity (Wildman–Crippen MR) is 72.9 cm³/mol. The van der Waals surface area contributed by atoms with Gasteiger partial charge in [0, 0.05) is 17.5 Å². The lowest BCUT2D eigenvalue weighted by Gasteiger charge is -2.04. The number of thiazole rings is 1. The first kappa shape index (κ1) is 13.8. The number of aromatic nitrogens is 2. The van der Waals surface area contributed by atoms with Gasteiger partial charge in [0.2, 0.25) is 0 Å². The van der Waals surface area contributed by atoms with Gasteiger partial charge >= 0.3 is 5.97 Å². The van der Waals surface area contributed by atoms with E-state index in [1.807, 2.05) is 6.92 Å². The normalized spacial score (nSPS) is 10.4. The van der Waals surface area contributed by atoms with Gasteiger partial charge in [-0.15, -0.1) is 11.3 Å². The maximum Gasteiger partial charge on any atom is 0.339 e. The standard InChI is InChI=1S/C12H11ClN2O3S/c1-7-10(19-6-15-7)2-3-18-12(17)8-4-9(13)11(16)14-5-8/h4-6H,2-3H2,1H3,(H,14,16). The van der Waals surface area contributed by atoms with Crippen molar-refractivity contribution in [1.82, 2.24) is 9.97 Å². The van der Waals surface area contributed by atoms with E-state index in [9.17, 15) is 9.59 Å². The minimum Gasteiger partial charge on any atom is -0.462 e. The fraction of sp³-hybridized carbons (Fsp3) is 0.250. The highest BCUT2D eigenvalue weighted by atomic mass is 35.5. The first-order valence-corrected chi connectivity index (χ1v) is 6.78. The SMILES string of the molecule is Cc1ncsc1CCOC(=O)c1c[nH]c(=O)c(Cl)c1. The van der Waals surface area contributed by atoms with Crippen molar-refractivity contribution in [2.75, 3.05) is 6.61 Å². The molecule has 19 heavy (non-hydrogen) atoms. The number of ether oxygens (including phenoxy) is 1. The predicted octanol–water partition coefficient (Wildman–Crippen LogP) is 2.19. The van der Waals surface area contributed by atoms with E-state index in [-0.39, 0.29) is 17.2 Å². The van der Waals surface area contributed by atoms with E-state index in [2.05, 4.69) is 9.97 Å². The number of carbonyl (C=O) groups excluding carboxylic acids is 1. The van der Waals surface area contributed by atoms with Crippen LogP contribution in [0.3, 0.4) is 0 Å². The molecule has 0 bridgehead atoms. The molecule has 2 rings (SSSR count). The third-order valence-corrected chi connectivity index (χ3v) is 3.78. The molecular formula is C12H11ClN2O3S. The van der Waals surface area contributed by atoms with Crippen LogP contribution in [0.25, 0.3) is 0 Å². The highest BCUT2D eigenvalue weighted by Gasteiger charge is 2.10. The molecule has 2 aromatic rings. The van der Waals surface area contributed by atoms with E-state index in [4.69, 9.17) is 16.3 Å². The Morgan fingerprint density at radius 1 is 1.58 bits per heavy atom. The first-order valence-electron chi connectivity index (χ1n) is 5.52. The molecule has 0 aromatic carbocycles. The Kier molecular flexibility index (Phi) is 4.34. The molecule has 0 aliphatic carbocycles. The van der Waals surface area contributed by atoms with Gasteiger partial charge in [0.25, 0.3) is 5.56 Å². The Hall–Kier alpha value is -1.66. The quantitative estimate of drug-likeness (QED) is 0.878. The molecule has 0 amide bonds. The smallest absolute Gasteiger partial charge is 0.339 e. The highest BCUT2D eigenvalue weighted by molar-refractivity contribution is 7.09. The topological polar surface area (TPSA) is 72.0 Å². The molecule has 0 atom stereocenters. The fourth-order valence-electron chi connectivity index (χ4n) is 1.46. The van der Waals surface area contributed by atoms with Gasteiger partial charge in [-0.3, -0.25) is 4.79 Å². The van der Waals surface area contributed by atoms with E-state index in [0.717, 1.165) is 10.6 Å². The highest BCUT2D eigenvalue weighted by Crippen LogP contribution is 2.13. The lowest BCUT2D eigenvalue weighted by atomic mass is 10.3. The second-order valence-electron chi connectivity index (χ2n) is 3.81. The van der Waals surface area contributed by atoms with Crippen LogP contribution in [-0.4, -0.2) is 22.5 Å². The molecule has 1 N–H and O–H groups in total. The maximum absolute atomic E-state index is 11.7. The summed E-state index contributed by atoms with van der Waals surface area (Å²) in [4.78, 5) is 30.3. The molecule has 2 aromatic heterocycles. The zero-order valence-corrected chi connectivity index (χ0v) is 11.7. The van der Waals surface area contributed by atoms with Crippen molar-refractivity contribution in [1.29, 1.82) is 0 Å². The Morgan fingerprint density at radius 3 is 3.00 bits per heavy atom. The summed E-state index contributed by atoms with van der Waals surface area (Å²) in [6, 6.07) is 1.29. The second kappa shape index (κ2) is 5.99. The lowest BCUT2D eigenvalue weighted by Crippen LogP contribution is -2.12. The number of aromatic amines is 1. The molecule has 0 aliphatic rings. The van der Waals surface area contributed by atoms with Crippen LogP contribution in [-0.2, 0) is 11.2 Å². The maximum atomic E-state index is 11.7. The van der Waals surface area contributed by atoms with E-state index in [0.29, 0.717) is 6.42 Å². The van der Waals surface area contributed by atoms with E-state index < -0.39 is 11.5 Å². The van der Waals surface area contributed by atoms with Gasteiger partial charge in [-0.25, -0.2) is 9.78 Å². The molecule has 0 saturated heterocycles. The molecule has 0 unspecified atom stereocenters. The number of hydrogen-bond donors (Lipinski definition) is 1. The van der Waals surface area contributed by atoms with Crippen LogP contribution in [0.5, 0.6) is 0 Å². The van der Waals surface area contributed by atoms with Crippen LogP contribution in [0.15, 0.2) is 22.6 Å². The number of pyridine rings is 1. The zero-order chi connectivity index (χ0) is 13.8. The Bertz CT molecular complexity index is 650. The van der Waals surface area contributed by atoms with Gasteiger partial charge < -0.3 is 9.72 Å². The van der Waals surface area contributed by atoms with Crippen molar-refractivity contribution >= 4 is 28.9 Å². The van der Waals surface area contributed by atoms with E-state index >= 15 is 0 Å². The van der Waals surface area contributed by atoms with Crippen LogP contribution in [0.2, 0.25) is 5.02 Å². The summed E-state index contributed by atoms with van der Waals surface area (Å²) < 4.78 is 5.11. The number of rotatable bonds is 4. The molecular weight excluding hydrogens is 288 g/mol. The van der Waals surface area contributed by atoms with Gasteiger partial charge in [0.1, 0.15) is 5.02 Å². The van der Waals surface area contributed by atoms with Crippen LogP contribution >= 0.6 is 22.9 Å². The van der Waals surface area contributed by atoms with E-state index in [1.54, 1.807) is 5.51 Å². The zero-order valence-electron chi connectivity index (χ0n) is 10.1. The van der Waals surface area contributed by atoms with Crippen LogP contribution in [0.4, 0.5) is 0 Å². The Morgan fingerprint density at radius 2 is 2.37 bits per heavy atom. The molecule has 0 aliphatic heterocycles. The summed E-state index contributed by atoms with van der Waals surface area (Å²) in [5.41, 5.74) is 2.51. The van der Waals surface area contributed by atoms with Crippen LogP contribution in [0.1, 0.15) is 20.9 Å².